The first-order valence-corrected chi connectivity index (χ1v) is 11.4. The van der Waals surface area contributed by atoms with Crippen LogP contribution in [0.4, 0.5) is 4.39 Å². The summed E-state index contributed by atoms with van der Waals surface area (Å²) in [6.07, 6.45) is 3.17. The van der Waals surface area contributed by atoms with Crippen LogP contribution in [0.1, 0.15) is 34.9 Å². The van der Waals surface area contributed by atoms with Gasteiger partial charge in [0.05, 0.1) is 12.6 Å². The van der Waals surface area contributed by atoms with Gasteiger partial charge in [0.2, 0.25) is 0 Å². The summed E-state index contributed by atoms with van der Waals surface area (Å²) < 4.78 is 24.8. The van der Waals surface area contributed by atoms with E-state index in [9.17, 15) is 4.39 Å². The Morgan fingerprint density at radius 3 is 2.93 bits per heavy atom. The van der Waals surface area contributed by atoms with Gasteiger partial charge in [0.15, 0.2) is 12.8 Å². The van der Waals surface area contributed by atoms with Crippen LogP contribution in [0.2, 0.25) is 0 Å². The number of benzene rings is 1. The number of rotatable bonds is 7. The van der Waals surface area contributed by atoms with E-state index in [1.807, 2.05) is 0 Å². The third-order valence-electron chi connectivity index (χ3n) is 5.58. The number of nitrogens with one attached hydrogen (secondary N) is 2. The monoisotopic (exact) mass is 432 g/mol. The number of fused-ring (bicyclic) bond motifs is 1. The summed E-state index contributed by atoms with van der Waals surface area (Å²) in [6, 6.07) is 7.71. The minimum Gasteiger partial charge on any atom is -0.467 e. The van der Waals surface area contributed by atoms with E-state index in [2.05, 4.69) is 38.0 Å². The van der Waals surface area contributed by atoms with Crippen molar-refractivity contribution in [3.8, 4) is 5.75 Å². The van der Waals surface area contributed by atoms with Crippen LogP contribution in [0.15, 0.2) is 34.6 Å². The van der Waals surface area contributed by atoms with E-state index in [-0.39, 0.29) is 12.6 Å². The summed E-state index contributed by atoms with van der Waals surface area (Å²) in [4.78, 5) is 8.28. The molecule has 6 nitrogen and oxygen atoms in total. The number of nitrogens with zero attached hydrogens (tertiary/aromatic N) is 2. The molecule has 1 fully saturated rings. The summed E-state index contributed by atoms with van der Waals surface area (Å²) in [5, 5.41) is 8.96. The number of aliphatic imine (C=N–C) groups is 1. The fourth-order valence-corrected chi connectivity index (χ4v) is 4.98. The largest absolute Gasteiger partial charge is 0.467 e. The zero-order valence-electron chi connectivity index (χ0n) is 17.3. The maximum Gasteiger partial charge on any atom is 0.191 e. The summed E-state index contributed by atoms with van der Waals surface area (Å²) >= 11 is 1.81. The molecule has 0 aliphatic carbocycles. The fourth-order valence-electron chi connectivity index (χ4n) is 4.12. The lowest BCUT2D eigenvalue weighted by atomic mass is 10.1. The zero-order chi connectivity index (χ0) is 20.8. The van der Waals surface area contributed by atoms with Gasteiger partial charge in [0.1, 0.15) is 11.6 Å². The predicted molar refractivity (Wildman–Crippen MR) is 118 cm³/mol. The second-order valence-corrected chi connectivity index (χ2v) is 8.55. The topological polar surface area (TPSA) is 58.1 Å². The Balaban J connectivity index is 1.32. The van der Waals surface area contributed by atoms with Crippen molar-refractivity contribution in [1.82, 2.24) is 15.5 Å². The lowest BCUT2D eigenvalue weighted by molar-refractivity contribution is -0.0172. The van der Waals surface area contributed by atoms with Crippen molar-refractivity contribution >= 4 is 17.3 Å². The molecule has 4 rings (SSSR count). The number of likely N-dealkylation sites (tertiary alicyclic amines) is 1. The lowest BCUT2D eigenvalue weighted by Gasteiger charge is -2.27. The molecule has 0 radical (unpaired) electrons. The van der Waals surface area contributed by atoms with Crippen LogP contribution >= 0.6 is 11.3 Å². The van der Waals surface area contributed by atoms with Gasteiger partial charge in [0.25, 0.3) is 0 Å². The third kappa shape index (κ3) is 5.11. The molecule has 2 aliphatic rings. The van der Waals surface area contributed by atoms with E-state index in [1.165, 1.54) is 23.8 Å². The van der Waals surface area contributed by atoms with Gasteiger partial charge in [-0.1, -0.05) is 6.07 Å². The molecule has 2 aliphatic heterocycles. The zero-order valence-corrected chi connectivity index (χ0v) is 18.1. The van der Waals surface area contributed by atoms with E-state index in [0.29, 0.717) is 25.6 Å². The van der Waals surface area contributed by atoms with Gasteiger partial charge in [0, 0.05) is 30.6 Å². The summed E-state index contributed by atoms with van der Waals surface area (Å²) in [6.45, 7) is 4.32. The number of ether oxygens (including phenoxy) is 2. The molecule has 1 aromatic carbocycles. The van der Waals surface area contributed by atoms with Crippen molar-refractivity contribution in [2.45, 2.75) is 31.9 Å². The number of guanidine groups is 1. The maximum atomic E-state index is 13.9. The highest BCUT2D eigenvalue weighted by Gasteiger charge is 2.24. The normalized spacial score (nSPS) is 18.0. The molecular formula is C22H29FN4O2S. The molecule has 2 N–H and O–H groups in total. The van der Waals surface area contributed by atoms with Gasteiger partial charge in [-0.25, -0.2) is 4.39 Å². The quantitative estimate of drug-likeness (QED) is 0.519. The van der Waals surface area contributed by atoms with Gasteiger partial charge in [-0.05, 0) is 61.5 Å². The molecule has 8 heteroatoms. The molecule has 2 aromatic rings. The van der Waals surface area contributed by atoms with Crippen LogP contribution < -0.4 is 15.4 Å². The highest BCUT2D eigenvalue weighted by molar-refractivity contribution is 7.10. The SMILES string of the molecule is CN=C(NCCc1cc(F)cc2c1OCOC2)NCC(c1cccs1)N1CCCC1. The smallest absolute Gasteiger partial charge is 0.191 e. The molecule has 0 bridgehead atoms. The summed E-state index contributed by atoms with van der Waals surface area (Å²) in [7, 11) is 1.77. The van der Waals surface area contributed by atoms with E-state index in [1.54, 1.807) is 24.5 Å². The molecule has 1 saturated heterocycles. The Morgan fingerprint density at radius 2 is 2.17 bits per heavy atom. The van der Waals surface area contributed by atoms with Crippen molar-refractivity contribution < 1.29 is 13.9 Å². The molecule has 30 heavy (non-hydrogen) atoms. The van der Waals surface area contributed by atoms with E-state index in [0.717, 1.165) is 42.5 Å². The second-order valence-electron chi connectivity index (χ2n) is 7.57. The molecule has 0 saturated carbocycles. The van der Waals surface area contributed by atoms with Crippen molar-refractivity contribution in [2.24, 2.45) is 4.99 Å². The van der Waals surface area contributed by atoms with Gasteiger partial charge < -0.3 is 20.1 Å². The Hall–Kier alpha value is -2.16. The number of hydrogen-bond donors (Lipinski definition) is 2. The number of hydrogen-bond acceptors (Lipinski definition) is 5. The Kier molecular flexibility index (Phi) is 7.20. The first-order valence-electron chi connectivity index (χ1n) is 10.5. The van der Waals surface area contributed by atoms with Crippen molar-refractivity contribution in [1.29, 1.82) is 0 Å². The van der Waals surface area contributed by atoms with Crippen LogP contribution in [-0.2, 0) is 17.8 Å². The minimum absolute atomic E-state index is 0.211. The summed E-state index contributed by atoms with van der Waals surface area (Å²) in [5.41, 5.74) is 1.62. The van der Waals surface area contributed by atoms with Crippen LogP contribution in [-0.4, -0.2) is 50.9 Å². The third-order valence-corrected chi connectivity index (χ3v) is 6.55. The average Bonchev–Trinajstić information content (AvgIpc) is 3.47. The minimum atomic E-state index is -0.259. The van der Waals surface area contributed by atoms with Gasteiger partial charge >= 0.3 is 0 Å². The first-order chi connectivity index (χ1) is 14.7. The molecule has 1 aromatic heterocycles. The Bertz CT molecular complexity index is 853. The molecule has 0 spiro atoms. The van der Waals surface area contributed by atoms with Crippen LogP contribution in [0.5, 0.6) is 5.75 Å². The van der Waals surface area contributed by atoms with Crippen molar-refractivity contribution in [2.75, 3.05) is 40.0 Å². The second kappa shape index (κ2) is 10.2. The standard InChI is InChI=1S/C22H29FN4O2S/c1-24-22(26-13-19(20-5-4-10-30-20)27-8-2-3-9-27)25-7-6-16-11-18(23)12-17-14-28-15-29-21(16)17/h4-5,10-12,19H,2-3,6-9,13-15H2,1H3,(H2,24,25,26). The average molecular weight is 433 g/mol. The van der Waals surface area contributed by atoms with Crippen molar-refractivity contribution in [3.63, 3.8) is 0 Å². The molecule has 162 valence electrons. The molecule has 1 unspecified atom stereocenters. The Morgan fingerprint density at radius 1 is 1.30 bits per heavy atom. The Labute approximate surface area is 181 Å². The van der Waals surface area contributed by atoms with E-state index >= 15 is 0 Å². The lowest BCUT2D eigenvalue weighted by Crippen LogP contribution is -2.43. The van der Waals surface area contributed by atoms with Crippen LogP contribution in [0.3, 0.4) is 0 Å². The number of halogens is 1. The van der Waals surface area contributed by atoms with E-state index < -0.39 is 0 Å². The predicted octanol–water partition coefficient (Wildman–Crippen LogP) is 3.30. The first kappa shape index (κ1) is 21.1. The van der Waals surface area contributed by atoms with Gasteiger partial charge in [-0.15, -0.1) is 11.3 Å². The van der Waals surface area contributed by atoms with Gasteiger partial charge in [-0.2, -0.15) is 0 Å². The van der Waals surface area contributed by atoms with Gasteiger partial charge in [-0.3, -0.25) is 9.89 Å². The van der Waals surface area contributed by atoms with Crippen LogP contribution in [0, 0.1) is 5.82 Å². The summed E-state index contributed by atoms with van der Waals surface area (Å²) in [5.74, 6) is 1.24. The molecular weight excluding hydrogens is 403 g/mol. The molecule has 3 heterocycles. The maximum absolute atomic E-state index is 13.9. The fraction of sp³-hybridized carbons (Fsp3) is 0.500. The highest BCUT2D eigenvalue weighted by Crippen LogP contribution is 2.30. The van der Waals surface area contributed by atoms with Crippen molar-refractivity contribution in [3.05, 3.63) is 51.5 Å². The van der Waals surface area contributed by atoms with E-state index in [4.69, 9.17) is 9.47 Å². The highest BCUT2D eigenvalue weighted by atomic mass is 32.1. The van der Waals surface area contributed by atoms with Crippen LogP contribution in [0.25, 0.3) is 0 Å². The number of thiophene rings is 1. The molecule has 1 atom stereocenters. The molecule has 0 amide bonds.